The molecule has 0 saturated heterocycles. The van der Waals surface area contributed by atoms with Gasteiger partial charge in [-0.05, 0) is 38.5 Å². The van der Waals surface area contributed by atoms with E-state index >= 15 is 0 Å². The number of esters is 1. The zero-order chi connectivity index (χ0) is 22.5. The number of carbonyl (C=O) groups excluding carboxylic acids is 2. The largest absolute Gasteiger partial charge is 0.462 e. The lowest BCUT2D eigenvalue weighted by atomic mass is 10.1. The van der Waals surface area contributed by atoms with Gasteiger partial charge in [-0.15, -0.1) is 21.5 Å². The predicted molar refractivity (Wildman–Crippen MR) is 115 cm³/mol. The van der Waals surface area contributed by atoms with Gasteiger partial charge in [0.25, 0.3) is 10.9 Å². The van der Waals surface area contributed by atoms with E-state index in [9.17, 15) is 19.7 Å². The average molecular weight is 463 g/mol. The molecule has 10 nitrogen and oxygen atoms in total. The number of thioether (sulfide) groups is 1. The molecule has 3 rings (SSSR count). The lowest BCUT2D eigenvalue weighted by Crippen LogP contribution is -2.16. The monoisotopic (exact) mass is 462 g/mol. The molecule has 0 aliphatic carbocycles. The standard InChI is InChI=1S/C19H18N4O6S2/c1-4-28-18(25)15-10(2)11(3)31-17(15)20-14(24)9-30-19-22-21-16(29-19)12-5-7-13(8-6-12)23(26)27/h5-8H,4,9H2,1-3H3,(H,20,24). The molecule has 2 aromatic heterocycles. The first-order chi connectivity index (χ1) is 14.8. The van der Waals surface area contributed by atoms with Crippen molar-refractivity contribution in [1.82, 2.24) is 10.2 Å². The number of carbonyl (C=O) groups is 2. The van der Waals surface area contributed by atoms with E-state index in [4.69, 9.17) is 9.15 Å². The van der Waals surface area contributed by atoms with Crippen molar-refractivity contribution in [3.63, 3.8) is 0 Å². The minimum atomic E-state index is -0.499. The van der Waals surface area contributed by atoms with Crippen molar-refractivity contribution in [2.24, 2.45) is 0 Å². The zero-order valence-electron chi connectivity index (χ0n) is 16.8. The minimum Gasteiger partial charge on any atom is -0.462 e. The highest BCUT2D eigenvalue weighted by molar-refractivity contribution is 7.99. The van der Waals surface area contributed by atoms with Crippen molar-refractivity contribution in [2.75, 3.05) is 17.7 Å². The van der Waals surface area contributed by atoms with Gasteiger partial charge in [0.1, 0.15) is 5.00 Å². The molecule has 0 fully saturated rings. The molecule has 0 spiro atoms. The van der Waals surface area contributed by atoms with Gasteiger partial charge >= 0.3 is 5.97 Å². The van der Waals surface area contributed by atoms with Gasteiger partial charge in [0, 0.05) is 22.6 Å². The number of aromatic nitrogens is 2. The smallest absolute Gasteiger partial charge is 0.341 e. The van der Waals surface area contributed by atoms with Crippen LogP contribution >= 0.6 is 23.1 Å². The van der Waals surface area contributed by atoms with Crippen LogP contribution in [0.5, 0.6) is 0 Å². The molecule has 162 valence electrons. The molecule has 0 aliphatic heterocycles. The van der Waals surface area contributed by atoms with Crippen LogP contribution in [0.4, 0.5) is 10.7 Å². The Labute approximate surface area is 185 Å². The Morgan fingerprint density at radius 2 is 1.97 bits per heavy atom. The van der Waals surface area contributed by atoms with Crippen molar-refractivity contribution in [2.45, 2.75) is 26.0 Å². The van der Waals surface area contributed by atoms with Gasteiger partial charge in [-0.2, -0.15) is 0 Å². The number of benzene rings is 1. The number of hydrogen-bond donors (Lipinski definition) is 1. The highest BCUT2D eigenvalue weighted by Crippen LogP contribution is 2.33. The molecule has 0 aliphatic rings. The number of thiophene rings is 1. The number of rotatable bonds is 8. The Bertz CT molecular complexity index is 1120. The van der Waals surface area contributed by atoms with Gasteiger partial charge < -0.3 is 14.5 Å². The lowest BCUT2D eigenvalue weighted by Gasteiger charge is -2.06. The van der Waals surface area contributed by atoms with Gasteiger partial charge in [-0.25, -0.2) is 4.79 Å². The van der Waals surface area contributed by atoms with Gasteiger partial charge in [0.15, 0.2) is 0 Å². The summed E-state index contributed by atoms with van der Waals surface area (Å²) in [7, 11) is 0. The van der Waals surface area contributed by atoms with Gasteiger partial charge in [-0.1, -0.05) is 11.8 Å². The van der Waals surface area contributed by atoms with Crippen molar-refractivity contribution >= 4 is 45.7 Å². The summed E-state index contributed by atoms with van der Waals surface area (Å²) >= 11 is 2.34. The molecule has 1 N–H and O–H groups in total. The van der Waals surface area contributed by atoms with Crippen LogP contribution in [0.15, 0.2) is 33.9 Å². The summed E-state index contributed by atoms with van der Waals surface area (Å²) in [6.45, 7) is 5.63. The average Bonchev–Trinajstić information content (AvgIpc) is 3.31. The molecular weight excluding hydrogens is 444 g/mol. The number of non-ortho nitro benzene ring substituents is 1. The van der Waals surface area contributed by atoms with Crippen LogP contribution in [0.1, 0.15) is 27.7 Å². The first kappa shape index (κ1) is 22.4. The molecule has 1 aromatic carbocycles. The van der Waals surface area contributed by atoms with Crippen LogP contribution in [0.2, 0.25) is 0 Å². The van der Waals surface area contributed by atoms with Crippen molar-refractivity contribution < 1.29 is 23.7 Å². The lowest BCUT2D eigenvalue weighted by molar-refractivity contribution is -0.384. The Balaban J connectivity index is 1.63. The van der Waals surface area contributed by atoms with E-state index in [1.54, 1.807) is 13.8 Å². The second kappa shape index (κ2) is 9.71. The molecular formula is C19H18N4O6S2. The quantitative estimate of drug-likeness (QED) is 0.225. The van der Waals surface area contributed by atoms with Crippen LogP contribution in [0.25, 0.3) is 11.5 Å². The molecule has 0 bridgehead atoms. The fourth-order valence-corrected chi connectivity index (χ4v) is 4.19. The first-order valence-corrected chi connectivity index (χ1v) is 10.9. The number of amides is 1. The van der Waals surface area contributed by atoms with E-state index in [2.05, 4.69) is 15.5 Å². The van der Waals surface area contributed by atoms with Crippen LogP contribution in [0, 0.1) is 24.0 Å². The Hall–Kier alpha value is -3.25. The van der Waals surface area contributed by atoms with Crippen LogP contribution < -0.4 is 5.32 Å². The normalized spacial score (nSPS) is 10.7. The first-order valence-electron chi connectivity index (χ1n) is 9.08. The molecule has 0 unspecified atom stereocenters. The summed E-state index contributed by atoms with van der Waals surface area (Å²) in [5, 5.41) is 21.9. The van der Waals surface area contributed by atoms with Gasteiger partial charge in [0.05, 0.1) is 22.8 Å². The highest BCUT2D eigenvalue weighted by Gasteiger charge is 2.22. The number of nitrogens with one attached hydrogen (secondary N) is 1. The summed E-state index contributed by atoms with van der Waals surface area (Å²) in [4.78, 5) is 35.7. The Morgan fingerprint density at radius 3 is 2.61 bits per heavy atom. The number of aryl methyl sites for hydroxylation is 1. The molecule has 3 aromatic rings. The SMILES string of the molecule is CCOC(=O)c1c(NC(=O)CSc2nnc(-c3ccc([N+](=O)[O-])cc3)o2)sc(C)c1C. The number of nitrogens with zero attached hydrogens (tertiary/aromatic N) is 3. The van der Waals surface area contributed by atoms with Gasteiger partial charge in [0.2, 0.25) is 11.8 Å². The maximum Gasteiger partial charge on any atom is 0.341 e. The minimum absolute atomic E-state index is 0.0137. The number of ether oxygens (including phenoxy) is 1. The summed E-state index contributed by atoms with van der Waals surface area (Å²) in [5.74, 6) is -0.643. The fraction of sp³-hybridized carbons (Fsp3) is 0.263. The summed E-state index contributed by atoms with van der Waals surface area (Å²) in [5.41, 5.74) is 1.62. The summed E-state index contributed by atoms with van der Waals surface area (Å²) < 4.78 is 10.6. The van der Waals surface area contributed by atoms with Gasteiger partial charge in [-0.3, -0.25) is 14.9 Å². The third-order valence-electron chi connectivity index (χ3n) is 4.18. The number of hydrogen-bond acceptors (Lipinski definition) is 10. The van der Waals surface area contributed by atoms with E-state index in [1.807, 2.05) is 6.92 Å². The fourth-order valence-electron chi connectivity index (χ4n) is 2.56. The van der Waals surface area contributed by atoms with Crippen molar-refractivity contribution in [3.8, 4) is 11.5 Å². The second-order valence-electron chi connectivity index (χ2n) is 6.22. The van der Waals surface area contributed by atoms with Crippen LogP contribution in [0.3, 0.4) is 0 Å². The number of nitro benzene ring substituents is 1. The van der Waals surface area contributed by atoms with Crippen molar-refractivity contribution in [1.29, 1.82) is 0 Å². The zero-order valence-corrected chi connectivity index (χ0v) is 18.5. The number of anilines is 1. The molecule has 0 radical (unpaired) electrons. The van der Waals surface area contributed by atoms with Crippen molar-refractivity contribution in [3.05, 3.63) is 50.4 Å². The molecule has 2 heterocycles. The van der Waals surface area contributed by atoms with E-state index < -0.39 is 10.9 Å². The number of nitro groups is 1. The van der Waals surface area contributed by atoms with Crippen LogP contribution in [-0.4, -0.2) is 39.4 Å². The van der Waals surface area contributed by atoms with E-state index in [0.717, 1.165) is 22.2 Å². The summed E-state index contributed by atoms with van der Waals surface area (Å²) in [6, 6.07) is 5.69. The third-order valence-corrected chi connectivity index (χ3v) is 6.12. The molecule has 1 amide bonds. The molecule has 31 heavy (non-hydrogen) atoms. The Morgan fingerprint density at radius 1 is 1.26 bits per heavy atom. The topological polar surface area (TPSA) is 137 Å². The third kappa shape index (κ3) is 5.27. The molecule has 12 heteroatoms. The highest BCUT2D eigenvalue weighted by atomic mass is 32.2. The maximum atomic E-state index is 12.4. The molecule has 0 saturated carbocycles. The maximum absolute atomic E-state index is 12.4. The Kier molecular flexibility index (Phi) is 7.02. The van der Waals surface area contributed by atoms with E-state index in [-0.39, 0.29) is 35.1 Å². The van der Waals surface area contributed by atoms with E-state index in [0.29, 0.717) is 16.1 Å². The summed E-state index contributed by atoms with van der Waals surface area (Å²) in [6.07, 6.45) is 0. The van der Waals surface area contributed by atoms with Crippen LogP contribution in [-0.2, 0) is 9.53 Å². The second-order valence-corrected chi connectivity index (χ2v) is 8.37. The predicted octanol–water partition coefficient (Wildman–Crippen LogP) is 4.23. The van der Waals surface area contributed by atoms with E-state index in [1.165, 1.54) is 35.6 Å². The molecule has 0 atom stereocenters.